The third-order valence-corrected chi connectivity index (χ3v) is 8.77. The molecule has 1 fully saturated rings. The summed E-state index contributed by atoms with van der Waals surface area (Å²) in [6.07, 6.45) is 0.0877. The third-order valence-electron chi connectivity index (χ3n) is 5.44. The molecule has 4 aromatic rings. The van der Waals surface area contributed by atoms with Crippen LogP contribution < -0.4 is 10.6 Å². The molecule has 5 rings (SSSR count). The Labute approximate surface area is 213 Å². The minimum atomic E-state index is -1.05. The number of anilines is 2. The van der Waals surface area contributed by atoms with Gasteiger partial charge < -0.3 is 10.6 Å². The molecule has 1 amide bonds. The summed E-state index contributed by atoms with van der Waals surface area (Å²) in [5, 5.41) is 12.6. The van der Waals surface area contributed by atoms with Gasteiger partial charge in [-0.2, -0.15) is 11.3 Å². The molecule has 10 heteroatoms. The zero-order chi connectivity index (χ0) is 23.7. The Morgan fingerprint density at radius 3 is 2.68 bits per heavy atom. The van der Waals surface area contributed by atoms with E-state index in [1.54, 1.807) is 6.07 Å². The zero-order valence-corrected chi connectivity index (χ0v) is 21.2. The number of hydrogen-bond acceptors (Lipinski definition) is 8. The van der Waals surface area contributed by atoms with Crippen LogP contribution in [-0.4, -0.2) is 26.9 Å². The number of amides is 1. The highest BCUT2D eigenvalue weighted by Gasteiger charge is 2.48. The minimum absolute atomic E-state index is 0.0877. The van der Waals surface area contributed by atoms with Crippen molar-refractivity contribution in [3.63, 3.8) is 0 Å². The first-order valence-electron chi connectivity index (χ1n) is 10.4. The monoisotopic (exact) mass is 526 g/mol. The SMILES string of the molecule is Cc1csc(Nc2cccc(C3(c4ccsc4)CC(=O)C(Sc4ccccc4Cl)C(=O)N3)n2)n1. The molecule has 0 radical (unpaired) electrons. The summed E-state index contributed by atoms with van der Waals surface area (Å²) in [6, 6.07) is 14.7. The lowest BCUT2D eigenvalue weighted by Gasteiger charge is -2.39. The van der Waals surface area contributed by atoms with E-state index < -0.39 is 10.8 Å². The summed E-state index contributed by atoms with van der Waals surface area (Å²) in [5.74, 6) is 0.0642. The maximum Gasteiger partial charge on any atom is 0.242 e. The molecule has 2 atom stereocenters. The van der Waals surface area contributed by atoms with Crippen molar-refractivity contribution in [3.05, 3.63) is 86.6 Å². The van der Waals surface area contributed by atoms with Crippen molar-refractivity contribution >= 4 is 68.7 Å². The lowest BCUT2D eigenvalue weighted by molar-refractivity contribution is -0.133. The van der Waals surface area contributed by atoms with Gasteiger partial charge in [-0.05, 0) is 53.6 Å². The lowest BCUT2D eigenvalue weighted by Crippen LogP contribution is -2.58. The van der Waals surface area contributed by atoms with E-state index in [2.05, 4.69) is 15.6 Å². The second kappa shape index (κ2) is 9.50. The second-order valence-electron chi connectivity index (χ2n) is 7.81. The zero-order valence-electron chi connectivity index (χ0n) is 17.9. The van der Waals surface area contributed by atoms with Gasteiger partial charge in [0.15, 0.2) is 10.9 Å². The van der Waals surface area contributed by atoms with Crippen LogP contribution in [-0.2, 0) is 15.1 Å². The molecule has 1 saturated heterocycles. The van der Waals surface area contributed by atoms with Crippen molar-refractivity contribution < 1.29 is 9.59 Å². The number of aromatic nitrogens is 2. The second-order valence-corrected chi connectivity index (χ2v) is 11.0. The summed E-state index contributed by atoms with van der Waals surface area (Å²) < 4.78 is 0. The van der Waals surface area contributed by atoms with E-state index in [1.165, 1.54) is 34.4 Å². The van der Waals surface area contributed by atoms with Gasteiger partial charge in [0.1, 0.15) is 16.6 Å². The molecule has 0 bridgehead atoms. The number of halogens is 1. The van der Waals surface area contributed by atoms with Gasteiger partial charge in [-0.1, -0.05) is 29.8 Å². The number of hydrogen-bond donors (Lipinski definition) is 2. The molecular formula is C24H19ClN4O2S3. The van der Waals surface area contributed by atoms with E-state index >= 15 is 0 Å². The molecule has 3 aromatic heterocycles. The average Bonchev–Trinajstić information content (AvgIpc) is 3.50. The van der Waals surface area contributed by atoms with Gasteiger partial charge in [0.05, 0.1) is 16.4 Å². The standard InChI is InChI=1S/C24H19ClN4O2S3/c1-14-12-33-23(26-14)28-20-8-4-7-19(27-20)24(15-9-10-32-13-15)11-17(30)21(22(31)29-24)34-18-6-3-2-5-16(18)25/h2-10,12-13,21H,11H2,1H3,(H,29,31)(H,26,27,28). The summed E-state index contributed by atoms with van der Waals surface area (Å²) >= 11 is 10.4. The fourth-order valence-corrected chi connectivity index (χ4v) is 6.52. The summed E-state index contributed by atoms with van der Waals surface area (Å²) in [6.45, 7) is 1.93. The van der Waals surface area contributed by atoms with Crippen molar-refractivity contribution in [1.29, 1.82) is 0 Å². The van der Waals surface area contributed by atoms with Gasteiger partial charge in [-0.15, -0.1) is 23.1 Å². The van der Waals surface area contributed by atoms with Crippen LogP contribution in [0.1, 0.15) is 23.4 Å². The van der Waals surface area contributed by atoms with E-state index in [0.717, 1.165) is 16.4 Å². The average molecular weight is 527 g/mol. The number of Topliss-reactive ketones (excluding diaryl/α,β-unsaturated/α-hetero) is 1. The van der Waals surface area contributed by atoms with Gasteiger partial charge >= 0.3 is 0 Å². The van der Waals surface area contributed by atoms with Crippen molar-refractivity contribution in [2.75, 3.05) is 5.32 Å². The van der Waals surface area contributed by atoms with Crippen LogP contribution in [0.2, 0.25) is 5.02 Å². The topological polar surface area (TPSA) is 84.0 Å². The molecule has 4 heterocycles. The van der Waals surface area contributed by atoms with Crippen molar-refractivity contribution in [2.24, 2.45) is 0 Å². The number of thiophene rings is 1. The quantitative estimate of drug-likeness (QED) is 0.309. The fraction of sp³-hybridized carbons (Fsp3) is 0.167. The number of benzene rings is 1. The van der Waals surface area contributed by atoms with E-state index in [1.807, 2.05) is 65.5 Å². The summed E-state index contributed by atoms with van der Waals surface area (Å²) in [7, 11) is 0. The number of piperidine rings is 1. The third kappa shape index (κ3) is 4.48. The maximum absolute atomic E-state index is 13.4. The maximum atomic E-state index is 13.4. The molecule has 0 saturated carbocycles. The van der Waals surface area contributed by atoms with Crippen molar-refractivity contribution in [1.82, 2.24) is 15.3 Å². The molecule has 1 aromatic carbocycles. The minimum Gasteiger partial charge on any atom is -0.339 e. The molecule has 2 unspecified atom stereocenters. The Morgan fingerprint density at radius 2 is 1.97 bits per heavy atom. The number of pyridine rings is 1. The van der Waals surface area contributed by atoms with Gasteiger partial charge in [-0.25, -0.2) is 9.97 Å². The highest BCUT2D eigenvalue weighted by Crippen LogP contribution is 2.41. The highest BCUT2D eigenvalue weighted by atomic mass is 35.5. The van der Waals surface area contributed by atoms with Gasteiger partial charge in [0, 0.05) is 16.7 Å². The van der Waals surface area contributed by atoms with Gasteiger partial charge in [0.2, 0.25) is 5.91 Å². The number of thioether (sulfide) groups is 1. The molecule has 172 valence electrons. The van der Waals surface area contributed by atoms with Crippen molar-refractivity contribution in [3.8, 4) is 0 Å². The predicted octanol–water partition coefficient (Wildman–Crippen LogP) is 5.80. The van der Waals surface area contributed by atoms with Crippen LogP contribution in [0, 0.1) is 6.92 Å². The molecular weight excluding hydrogens is 508 g/mol. The molecule has 1 aliphatic rings. The lowest BCUT2D eigenvalue weighted by atomic mass is 9.79. The molecule has 34 heavy (non-hydrogen) atoms. The number of carbonyl (C=O) groups is 2. The Kier molecular flexibility index (Phi) is 6.44. The van der Waals surface area contributed by atoms with Crippen LogP contribution in [0.4, 0.5) is 10.9 Å². The van der Waals surface area contributed by atoms with E-state index in [-0.39, 0.29) is 18.1 Å². The molecule has 2 N–H and O–H groups in total. The predicted molar refractivity (Wildman–Crippen MR) is 138 cm³/mol. The van der Waals surface area contributed by atoms with Crippen LogP contribution in [0.25, 0.3) is 0 Å². The van der Waals surface area contributed by atoms with Gasteiger partial charge in [0.25, 0.3) is 0 Å². The Bertz CT molecular complexity index is 1340. The van der Waals surface area contributed by atoms with E-state index in [9.17, 15) is 9.59 Å². The molecule has 1 aliphatic heterocycles. The van der Waals surface area contributed by atoms with Crippen LogP contribution in [0.3, 0.4) is 0 Å². The number of carbonyl (C=O) groups excluding carboxylic acids is 2. The number of rotatable bonds is 6. The van der Waals surface area contributed by atoms with E-state index in [0.29, 0.717) is 21.4 Å². The number of thiazole rings is 1. The number of nitrogens with one attached hydrogen (secondary N) is 2. The smallest absolute Gasteiger partial charge is 0.242 e. The normalized spacial score (nSPS) is 20.2. The van der Waals surface area contributed by atoms with Crippen LogP contribution in [0.15, 0.2) is 69.6 Å². The van der Waals surface area contributed by atoms with Gasteiger partial charge in [-0.3, -0.25) is 9.59 Å². The Hall–Kier alpha value is -2.72. The fourth-order valence-electron chi connectivity index (χ4n) is 3.85. The number of ketones is 1. The highest BCUT2D eigenvalue weighted by molar-refractivity contribution is 8.01. The first-order valence-corrected chi connectivity index (χ1v) is 13.5. The summed E-state index contributed by atoms with van der Waals surface area (Å²) in [5.41, 5.74) is 1.29. The number of nitrogens with zero attached hydrogens (tertiary/aromatic N) is 2. The Balaban J connectivity index is 1.49. The van der Waals surface area contributed by atoms with Crippen LogP contribution >= 0.6 is 46.0 Å². The molecule has 0 aliphatic carbocycles. The summed E-state index contributed by atoms with van der Waals surface area (Å²) in [4.78, 5) is 36.7. The first-order chi connectivity index (χ1) is 16.4. The van der Waals surface area contributed by atoms with Crippen LogP contribution in [0.5, 0.6) is 0 Å². The number of aryl methyl sites for hydroxylation is 1. The van der Waals surface area contributed by atoms with Crippen molar-refractivity contribution in [2.45, 2.75) is 29.0 Å². The largest absolute Gasteiger partial charge is 0.339 e. The Morgan fingerprint density at radius 1 is 1.12 bits per heavy atom. The van der Waals surface area contributed by atoms with E-state index in [4.69, 9.17) is 16.6 Å². The molecule has 0 spiro atoms. The first kappa shape index (κ1) is 23.0. The molecule has 6 nitrogen and oxygen atoms in total.